The Bertz CT molecular complexity index is 220. The quantitative estimate of drug-likeness (QED) is 0.570. The highest BCUT2D eigenvalue weighted by atomic mass is 16.5. The zero-order valence-electron chi connectivity index (χ0n) is 11.2. The summed E-state index contributed by atoms with van der Waals surface area (Å²) in [6, 6.07) is 0. The van der Waals surface area contributed by atoms with Crippen LogP contribution in [0.3, 0.4) is 0 Å². The lowest BCUT2D eigenvalue weighted by Gasteiger charge is -2.47. The van der Waals surface area contributed by atoms with Gasteiger partial charge in [0.2, 0.25) is 0 Å². The third-order valence-corrected chi connectivity index (χ3v) is 2.65. The first-order chi connectivity index (χ1) is 7.35. The fourth-order valence-corrected chi connectivity index (χ4v) is 2.54. The summed E-state index contributed by atoms with van der Waals surface area (Å²) in [5.41, 5.74) is -0.0830. The summed E-state index contributed by atoms with van der Waals surface area (Å²) in [5, 5.41) is 3.34. The van der Waals surface area contributed by atoms with E-state index in [2.05, 4.69) is 44.5 Å². The molecule has 0 saturated carbocycles. The maximum Gasteiger partial charge on any atom is 0.0760 e. The normalized spacial score (nSPS) is 24.2. The molecule has 0 aromatic carbocycles. The van der Waals surface area contributed by atoms with E-state index in [0.717, 1.165) is 32.7 Å². The monoisotopic (exact) mass is 226 g/mol. The highest BCUT2D eigenvalue weighted by molar-refractivity contribution is 4.89. The van der Waals surface area contributed by atoms with Gasteiger partial charge in [-0.25, -0.2) is 0 Å². The number of hydrogen-bond donors (Lipinski definition) is 1. The van der Waals surface area contributed by atoms with Crippen molar-refractivity contribution in [2.45, 2.75) is 38.9 Å². The topological polar surface area (TPSA) is 24.5 Å². The molecule has 1 aliphatic heterocycles. The molecule has 0 aliphatic carbocycles. The van der Waals surface area contributed by atoms with Crippen LogP contribution < -0.4 is 5.32 Å². The molecular formula is C13H26N2O. The molecule has 1 N–H and O–H groups in total. The fraction of sp³-hybridized carbons (Fsp3) is 0.846. The van der Waals surface area contributed by atoms with Crippen LogP contribution in [0, 0.1) is 0 Å². The predicted molar refractivity (Wildman–Crippen MR) is 68.7 cm³/mol. The van der Waals surface area contributed by atoms with Crippen molar-refractivity contribution >= 4 is 0 Å². The Morgan fingerprint density at radius 2 is 1.81 bits per heavy atom. The molecule has 1 rings (SSSR count). The summed E-state index contributed by atoms with van der Waals surface area (Å²) >= 11 is 0. The molecular weight excluding hydrogens is 200 g/mol. The summed E-state index contributed by atoms with van der Waals surface area (Å²) in [5.74, 6) is 0. The second kappa shape index (κ2) is 5.30. The lowest BCUT2D eigenvalue weighted by atomic mass is 9.99. The highest BCUT2D eigenvalue weighted by Crippen LogP contribution is 2.27. The molecule has 0 spiro atoms. The smallest absolute Gasteiger partial charge is 0.0760 e. The number of morpholine rings is 1. The Labute approximate surface area is 99.8 Å². The summed E-state index contributed by atoms with van der Waals surface area (Å²) < 4.78 is 6.04. The van der Waals surface area contributed by atoms with Crippen LogP contribution in [0.4, 0.5) is 0 Å². The van der Waals surface area contributed by atoms with Gasteiger partial charge < -0.3 is 10.1 Å². The molecule has 0 unspecified atom stereocenters. The van der Waals surface area contributed by atoms with Gasteiger partial charge in [0.05, 0.1) is 11.2 Å². The Kier molecular flexibility index (Phi) is 4.53. The van der Waals surface area contributed by atoms with E-state index in [1.54, 1.807) is 0 Å². The van der Waals surface area contributed by atoms with Gasteiger partial charge in [0.25, 0.3) is 0 Å². The van der Waals surface area contributed by atoms with Crippen LogP contribution in [0.5, 0.6) is 0 Å². The lowest BCUT2D eigenvalue weighted by Crippen LogP contribution is -2.58. The number of nitrogens with zero attached hydrogens (tertiary/aromatic N) is 1. The van der Waals surface area contributed by atoms with Gasteiger partial charge in [-0.3, -0.25) is 4.90 Å². The standard InChI is InChI=1S/C13H26N2O/c1-6-7-14-8-9-15-10-12(2,3)16-13(4,5)11-15/h6,14H,1,7-11H2,2-5H3. The van der Waals surface area contributed by atoms with Crippen molar-refractivity contribution in [2.24, 2.45) is 0 Å². The summed E-state index contributed by atoms with van der Waals surface area (Å²) in [4.78, 5) is 2.47. The van der Waals surface area contributed by atoms with Crippen LogP contribution in [0.25, 0.3) is 0 Å². The van der Waals surface area contributed by atoms with Crippen molar-refractivity contribution in [3.63, 3.8) is 0 Å². The van der Waals surface area contributed by atoms with Crippen molar-refractivity contribution in [1.29, 1.82) is 0 Å². The van der Waals surface area contributed by atoms with E-state index in [1.165, 1.54) is 0 Å². The minimum absolute atomic E-state index is 0.0415. The average molecular weight is 226 g/mol. The first kappa shape index (κ1) is 13.7. The zero-order chi connectivity index (χ0) is 12.2. The first-order valence-corrected chi connectivity index (χ1v) is 6.09. The maximum absolute atomic E-state index is 6.04. The SMILES string of the molecule is C=CCNCCN1CC(C)(C)OC(C)(C)C1. The average Bonchev–Trinajstić information content (AvgIpc) is 2.07. The van der Waals surface area contributed by atoms with E-state index in [1.807, 2.05) is 6.08 Å². The highest BCUT2D eigenvalue weighted by Gasteiger charge is 2.37. The van der Waals surface area contributed by atoms with Gasteiger partial charge in [0.1, 0.15) is 0 Å². The van der Waals surface area contributed by atoms with E-state index >= 15 is 0 Å². The molecule has 1 heterocycles. The molecule has 0 aromatic heterocycles. The van der Waals surface area contributed by atoms with Gasteiger partial charge >= 0.3 is 0 Å². The number of hydrogen-bond acceptors (Lipinski definition) is 3. The molecule has 0 amide bonds. The van der Waals surface area contributed by atoms with Gasteiger partial charge in [0.15, 0.2) is 0 Å². The Hall–Kier alpha value is -0.380. The van der Waals surface area contributed by atoms with Crippen molar-refractivity contribution < 1.29 is 4.74 Å². The summed E-state index contributed by atoms with van der Waals surface area (Å²) in [6.07, 6.45) is 1.90. The minimum Gasteiger partial charge on any atom is -0.367 e. The molecule has 1 aliphatic rings. The number of rotatable bonds is 5. The van der Waals surface area contributed by atoms with Gasteiger partial charge in [-0.1, -0.05) is 6.08 Å². The molecule has 16 heavy (non-hydrogen) atoms. The minimum atomic E-state index is -0.0415. The Morgan fingerprint density at radius 1 is 1.25 bits per heavy atom. The van der Waals surface area contributed by atoms with E-state index in [-0.39, 0.29) is 11.2 Å². The third-order valence-electron chi connectivity index (χ3n) is 2.65. The molecule has 0 bridgehead atoms. The summed E-state index contributed by atoms with van der Waals surface area (Å²) in [7, 11) is 0. The number of ether oxygens (including phenoxy) is 1. The Balaban J connectivity index is 2.39. The summed E-state index contributed by atoms with van der Waals surface area (Å²) in [6.45, 7) is 17.3. The lowest BCUT2D eigenvalue weighted by molar-refractivity contribution is -0.179. The number of nitrogens with one attached hydrogen (secondary N) is 1. The van der Waals surface area contributed by atoms with Crippen LogP contribution in [-0.2, 0) is 4.74 Å². The van der Waals surface area contributed by atoms with E-state index in [4.69, 9.17) is 4.74 Å². The van der Waals surface area contributed by atoms with Gasteiger partial charge in [-0.15, -0.1) is 6.58 Å². The third kappa shape index (κ3) is 4.64. The van der Waals surface area contributed by atoms with Crippen molar-refractivity contribution in [3.05, 3.63) is 12.7 Å². The van der Waals surface area contributed by atoms with Crippen molar-refractivity contribution in [2.75, 3.05) is 32.7 Å². The molecule has 0 radical (unpaired) electrons. The Morgan fingerprint density at radius 3 is 2.31 bits per heavy atom. The van der Waals surface area contributed by atoms with E-state index < -0.39 is 0 Å². The van der Waals surface area contributed by atoms with Gasteiger partial charge in [0, 0.05) is 32.7 Å². The molecule has 0 atom stereocenters. The molecule has 0 aromatic rings. The van der Waals surface area contributed by atoms with Crippen LogP contribution in [0.15, 0.2) is 12.7 Å². The van der Waals surface area contributed by atoms with Crippen LogP contribution in [0.1, 0.15) is 27.7 Å². The van der Waals surface area contributed by atoms with Crippen molar-refractivity contribution in [3.8, 4) is 0 Å². The second-order valence-electron chi connectivity index (χ2n) is 5.82. The van der Waals surface area contributed by atoms with Crippen molar-refractivity contribution in [1.82, 2.24) is 10.2 Å². The predicted octanol–water partition coefficient (Wildman–Crippen LogP) is 1.65. The first-order valence-electron chi connectivity index (χ1n) is 6.09. The molecule has 1 saturated heterocycles. The van der Waals surface area contributed by atoms with Crippen LogP contribution in [0.2, 0.25) is 0 Å². The second-order valence-corrected chi connectivity index (χ2v) is 5.82. The van der Waals surface area contributed by atoms with Gasteiger partial charge in [-0.05, 0) is 27.7 Å². The molecule has 1 fully saturated rings. The zero-order valence-corrected chi connectivity index (χ0v) is 11.2. The van der Waals surface area contributed by atoms with E-state index in [9.17, 15) is 0 Å². The maximum atomic E-state index is 6.04. The fourth-order valence-electron chi connectivity index (χ4n) is 2.54. The van der Waals surface area contributed by atoms with Crippen LogP contribution >= 0.6 is 0 Å². The van der Waals surface area contributed by atoms with E-state index in [0.29, 0.717) is 0 Å². The van der Waals surface area contributed by atoms with Gasteiger partial charge in [-0.2, -0.15) is 0 Å². The van der Waals surface area contributed by atoms with Crippen LogP contribution in [-0.4, -0.2) is 48.8 Å². The largest absolute Gasteiger partial charge is 0.367 e. The molecule has 94 valence electrons. The molecule has 3 heteroatoms. The molecule has 3 nitrogen and oxygen atoms in total.